The van der Waals surface area contributed by atoms with Crippen LogP contribution in [0.3, 0.4) is 0 Å². The SMILES string of the molecule is CCC(O)C1OS(=O)(=O)OC1(O)C1(C2(O)OS(=O)(=O)O2)OS(=O)(=O)O1. The van der Waals surface area contributed by atoms with E-state index >= 15 is 0 Å². The van der Waals surface area contributed by atoms with Gasteiger partial charge in [0, 0.05) is 0 Å². The van der Waals surface area contributed by atoms with Crippen LogP contribution in [-0.4, -0.2) is 70.3 Å². The monoisotopic (exact) mass is 430 g/mol. The minimum absolute atomic E-state index is 0.271. The first kappa shape index (κ1) is 19.3. The molecule has 0 aromatic carbocycles. The van der Waals surface area contributed by atoms with Gasteiger partial charge >= 0.3 is 43.0 Å². The van der Waals surface area contributed by atoms with Crippen molar-refractivity contribution >= 4 is 31.2 Å². The molecule has 3 atom stereocenters. The molecular formula is C7H10O15S3. The van der Waals surface area contributed by atoms with E-state index < -0.39 is 61.0 Å². The summed E-state index contributed by atoms with van der Waals surface area (Å²) in [6, 6.07) is 0. The van der Waals surface area contributed by atoms with Crippen LogP contribution in [0.5, 0.6) is 0 Å². The standard InChI is InChI=1S/C7H10O15S3/c1-2-3(8)4-5(9,18-23(11,12)17-4)6(19-24(13,14)20-6)7(10)21-25(15,16)22-7/h3-4,8-10H,2H2,1H3. The zero-order chi connectivity index (χ0) is 19.1. The Hall–Kier alpha value is -0.510. The molecule has 15 nitrogen and oxygen atoms in total. The number of aliphatic hydroxyl groups excluding tert-OH is 1. The molecule has 3 aliphatic heterocycles. The Morgan fingerprint density at radius 3 is 1.76 bits per heavy atom. The molecule has 0 saturated carbocycles. The van der Waals surface area contributed by atoms with Gasteiger partial charge in [0.25, 0.3) is 5.79 Å². The van der Waals surface area contributed by atoms with Crippen LogP contribution < -0.4 is 0 Å². The number of hydrogen-bond acceptors (Lipinski definition) is 15. The van der Waals surface area contributed by atoms with E-state index in [1.807, 2.05) is 0 Å². The molecule has 3 aliphatic rings. The summed E-state index contributed by atoms with van der Waals surface area (Å²) in [5.41, 5.74) is 0. The van der Waals surface area contributed by atoms with E-state index in [9.17, 15) is 40.6 Å². The molecule has 0 aliphatic carbocycles. The largest absolute Gasteiger partial charge is 0.409 e. The molecule has 3 saturated heterocycles. The average Bonchev–Trinajstić information content (AvgIpc) is 2.63. The Bertz CT molecular complexity index is 877. The van der Waals surface area contributed by atoms with Crippen molar-refractivity contribution in [3.05, 3.63) is 0 Å². The van der Waals surface area contributed by atoms with Gasteiger partial charge in [0.05, 0.1) is 6.10 Å². The molecule has 25 heavy (non-hydrogen) atoms. The maximum absolute atomic E-state index is 11.5. The normalized spacial score (nSPS) is 40.6. The van der Waals surface area contributed by atoms with E-state index in [1.54, 1.807) is 0 Å². The van der Waals surface area contributed by atoms with Crippen LogP contribution in [0.2, 0.25) is 0 Å². The molecule has 146 valence electrons. The Morgan fingerprint density at radius 1 is 0.880 bits per heavy atom. The lowest BCUT2D eigenvalue weighted by Crippen LogP contribution is -2.83. The van der Waals surface area contributed by atoms with Gasteiger partial charge in [0.15, 0.2) is 6.10 Å². The van der Waals surface area contributed by atoms with Crippen LogP contribution in [0.15, 0.2) is 0 Å². The highest BCUT2D eigenvalue weighted by Gasteiger charge is 2.89. The van der Waals surface area contributed by atoms with E-state index in [2.05, 4.69) is 25.1 Å². The predicted octanol–water partition coefficient (Wildman–Crippen LogP) is -3.97. The summed E-state index contributed by atoms with van der Waals surface area (Å²) in [5, 5.41) is 30.4. The zero-order valence-electron chi connectivity index (χ0n) is 11.8. The predicted molar refractivity (Wildman–Crippen MR) is 66.0 cm³/mol. The molecule has 3 heterocycles. The van der Waals surface area contributed by atoms with Gasteiger partial charge in [-0.25, -0.2) is 8.37 Å². The molecule has 18 heteroatoms. The van der Waals surface area contributed by atoms with Gasteiger partial charge in [-0.3, -0.25) is 0 Å². The van der Waals surface area contributed by atoms with Gasteiger partial charge in [0.1, 0.15) is 0 Å². The number of rotatable bonds is 4. The maximum Gasteiger partial charge on any atom is 0.409 e. The highest BCUT2D eigenvalue weighted by atomic mass is 32.3. The minimum Gasteiger partial charge on any atom is -0.390 e. The molecule has 0 aromatic rings. The van der Waals surface area contributed by atoms with Crippen LogP contribution >= 0.6 is 0 Å². The topological polar surface area (TPSA) is 218 Å². The summed E-state index contributed by atoms with van der Waals surface area (Å²) in [5.74, 6) is -10.9. The first-order valence-corrected chi connectivity index (χ1v) is 10.2. The second-order valence-electron chi connectivity index (χ2n) is 5.03. The number of aliphatic hydroxyl groups is 3. The van der Waals surface area contributed by atoms with Crippen molar-refractivity contribution in [2.45, 2.75) is 43.1 Å². The number of hydrogen-bond donors (Lipinski definition) is 3. The van der Waals surface area contributed by atoms with Crippen LogP contribution in [0, 0.1) is 0 Å². The summed E-state index contributed by atoms with van der Waals surface area (Å²) in [6.07, 6.45) is -4.43. The van der Waals surface area contributed by atoms with E-state index in [4.69, 9.17) is 0 Å². The fourth-order valence-electron chi connectivity index (χ4n) is 2.33. The van der Waals surface area contributed by atoms with Gasteiger partial charge in [-0.1, -0.05) is 6.92 Å². The Morgan fingerprint density at radius 2 is 1.36 bits per heavy atom. The van der Waals surface area contributed by atoms with Crippen LogP contribution in [0.4, 0.5) is 0 Å². The van der Waals surface area contributed by atoms with Crippen molar-refractivity contribution in [3.8, 4) is 0 Å². The molecule has 0 amide bonds. The third-order valence-corrected chi connectivity index (χ3v) is 6.00. The van der Waals surface area contributed by atoms with Gasteiger partial charge in [-0.05, 0) is 6.42 Å². The lowest BCUT2D eigenvalue weighted by atomic mass is 9.93. The molecule has 0 radical (unpaired) electrons. The fraction of sp³-hybridized carbons (Fsp3) is 1.00. The lowest BCUT2D eigenvalue weighted by Gasteiger charge is -2.54. The molecule has 3 rings (SSSR count). The van der Waals surface area contributed by atoms with Crippen LogP contribution in [0.25, 0.3) is 0 Å². The summed E-state index contributed by atoms with van der Waals surface area (Å²) in [7, 11) is -14.8. The minimum atomic E-state index is -5.06. The molecule has 0 bridgehead atoms. The zero-order valence-corrected chi connectivity index (χ0v) is 14.3. The van der Waals surface area contributed by atoms with Crippen molar-refractivity contribution in [2.75, 3.05) is 0 Å². The molecular weight excluding hydrogens is 420 g/mol. The third-order valence-electron chi connectivity index (χ3n) is 3.36. The van der Waals surface area contributed by atoms with E-state index in [0.717, 1.165) is 0 Å². The molecule has 0 aromatic heterocycles. The Kier molecular flexibility index (Phi) is 3.89. The van der Waals surface area contributed by atoms with E-state index in [0.29, 0.717) is 0 Å². The Balaban J connectivity index is 2.13. The van der Waals surface area contributed by atoms with Crippen molar-refractivity contribution in [1.82, 2.24) is 0 Å². The summed E-state index contributed by atoms with van der Waals surface area (Å²) >= 11 is 0. The first-order valence-electron chi connectivity index (χ1n) is 6.20. The van der Waals surface area contributed by atoms with Gasteiger partial charge < -0.3 is 15.3 Å². The van der Waals surface area contributed by atoms with E-state index in [-0.39, 0.29) is 6.42 Å². The molecule has 0 spiro atoms. The second-order valence-corrected chi connectivity index (χ2v) is 8.50. The quantitative estimate of drug-likeness (QED) is 0.387. The highest BCUT2D eigenvalue weighted by molar-refractivity contribution is 7.83. The lowest BCUT2D eigenvalue weighted by molar-refractivity contribution is -0.515. The van der Waals surface area contributed by atoms with Crippen LogP contribution in [0.1, 0.15) is 13.3 Å². The molecule has 3 N–H and O–H groups in total. The van der Waals surface area contributed by atoms with Crippen LogP contribution in [-0.2, 0) is 56.3 Å². The fourth-order valence-corrected chi connectivity index (χ4v) is 5.22. The van der Waals surface area contributed by atoms with Crippen molar-refractivity contribution < 1.29 is 65.7 Å². The molecule has 3 unspecified atom stereocenters. The average molecular weight is 430 g/mol. The first-order chi connectivity index (χ1) is 11.1. The Labute approximate surface area is 140 Å². The van der Waals surface area contributed by atoms with Crippen molar-refractivity contribution in [2.24, 2.45) is 0 Å². The van der Waals surface area contributed by atoms with Crippen molar-refractivity contribution in [3.63, 3.8) is 0 Å². The summed E-state index contributed by atoms with van der Waals surface area (Å²) in [6.45, 7) is 1.31. The molecule has 3 fully saturated rings. The third kappa shape index (κ3) is 2.61. The summed E-state index contributed by atoms with van der Waals surface area (Å²) < 4.78 is 92.2. The second kappa shape index (κ2) is 5.05. The maximum atomic E-state index is 11.5. The van der Waals surface area contributed by atoms with Crippen molar-refractivity contribution in [1.29, 1.82) is 0 Å². The smallest absolute Gasteiger partial charge is 0.390 e. The van der Waals surface area contributed by atoms with Gasteiger partial charge in [-0.15, -0.1) is 0 Å². The van der Waals surface area contributed by atoms with E-state index in [1.165, 1.54) is 6.92 Å². The van der Waals surface area contributed by atoms with Gasteiger partial charge in [0.2, 0.25) is 0 Å². The van der Waals surface area contributed by atoms with Gasteiger partial charge in [-0.2, -0.15) is 42.0 Å². The highest BCUT2D eigenvalue weighted by Crippen LogP contribution is 2.57. The summed E-state index contributed by atoms with van der Waals surface area (Å²) in [4.78, 5) is 0.